The van der Waals surface area contributed by atoms with Crippen LogP contribution in [0.25, 0.3) is 5.69 Å². The molecule has 0 atom stereocenters. The summed E-state index contributed by atoms with van der Waals surface area (Å²) in [7, 11) is 0. The third kappa shape index (κ3) is 2.09. The van der Waals surface area contributed by atoms with Gasteiger partial charge in [-0.3, -0.25) is 0 Å². The van der Waals surface area contributed by atoms with Gasteiger partial charge in [-0.05, 0) is 12.8 Å². The van der Waals surface area contributed by atoms with Crippen LogP contribution < -0.4 is 0 Å². The molecule has 1 fully saturated rings. The van der Waals surface area contributed by atoms with Crippen molar-refractivity contribution >= 4 is 11.6 Å². The zero-order chi connectivity index (χ0) is 14.4. The Morgan fingerprint density at radius 3 is 2.35 bits per heavy atom. The van der Waals surface area contributed by atoms with Gasteiger partial charge in [-0.2, -0.15) is 5.10 Å². The van der Waals surface area contributed by atoms with E-state index in [1.165, 1.54) is 0 Å². The van der Waals surface area contributed by atoms with Gasteiger partial charge in [-0.1, -0.05) is 11.6 Å². The monoisotopic (exact) mass is 302 g/mol. The van der Waals surface area contributed by atoms with E-state index in [2.05, 4.69) is 5.10 Å². The molecule has 1 aliphatic carbocycles. The van der Waals surface area contributed by atoms with Crippen LogP contribution in [0.15, 0.2) is 12.1 Å². The average molecular weight is 303 g/mol. The van der Waals surface area contributed by atoms with Crippen LogP contribution in [0.2, 0.25) is 5.15 Å². The van der Waals surface area contributed by atoms with Gasteiger partial charge >= 0.3 is 0 Å². The zero-order valence-corrected chi connectivity index (χ0v) is 11.0. The number of aromatic nitrogens is 2. The number of aliphatic hydroxyl groups excluding tert-OH is 1. The van der Waals surface area contributed by atoms with Crippen molar-refractivity contribution in [2.45, 2.75) is 25.4 Å². The summed E-state index contributed by atoms with van der Waals surface area (Å²) in [6.07, 6.45) is 1.87. The molecule has 0 bridgehead atoms. The number of aliphatic hydroxyl groups is 1. The minimum atomic E-state index is -1.54. The first-order valence-electron chi connectivity index (χ1n) is 6.06. The van der Waals surface area contributed by atoms with Gasteiger partial charge < -0.3 is 5.11 Å². The highest BCUT2D eigenvalue weighted by molar-refractivity contribution is 6.30. The summed E-state index contributed by atoms with van der Waals surface area (Å²) in [6.45, 7) is -0.309. The smallest absolute Gasteiger partial charge is 0.194 e. The van der Waals surface area contributed by atoms with Crippen LogP contribution in [-0.4, -0.2) is 14.9 Å². The Labute approximate surface area is 117 Å². The maximum Gasteiger partial charge on any atom is 0.194 e. The molecule has 3 rings (SSSR count). The van der Waals surface area contributed by atoms with E-state index in [0.29, 0.717) is 11.3 Å². The molecule has 106 valence electrons. The van der Waals surface area contributed by atoms with Gasteiger partial charge in [0.15, 0.2) is 17.5 Å². The van der Waals surface area contributed by atoms with Crippen LogP contribution >= 0.6 is 11.6 Å². The number of nitrogens with zero attached hydrogens (tertiary/aromatic N) is 2. The topological polar surface area (TPSA) is 38.1 Å². The van der Waals surface area contributed by atoms with Gasteiger partial charge in [0.05, 0.1) is 18.0 Å². The second-order valence-electron chi connectivity index (χ2n) is 4.72. The van der Waals surface area contributed by atoms with Crippen molar-refractivity contribution in [3.05, 3.63) is 46.0 Å². The van der Waals surface area contributed by atoms with Crippen molar-refractivity contribution < 1.29 is 18.3 Å². The first-order valence-corrected chi connectivity index (χ1v) is 6.43. The molecule has 2 aromatic rings. The SMILES string of the molecule is OCc1c(C2CC2)nn(-c2cc(F)c(F)c(F)c2)c1Cl. The quantitative estimate of drug-likeness (QED) is 0.883. The zero-order valence-electron chi connectivity index (χ0n) is 10.2. The Hall–Kier alpha value is -1.53. The highest BCUT2D eigenvalue weighted by Crippen LogP contribution is 2.43. The fourth-order valence-corrected chi connectivity index (χ4v) is 2.40. The molecule has 0 amide bonds. The predicted octanol–water partition coefficient (Wildman–Crippen LogP) is 3.31. The van der Waals surface area contributed by atoms with Crippen molar-refractivity contribution in [3.63, 3.8) is 0 Å². The van der Waals surface area contributed by atoms with E-state index in [4.69, 9.17) is 11.6 Å². The summed E-state index contributed by atoms with van der Waals surface area (Å²) in [5, 5.41) is 13.6. The van der Waals surface area contributed by atoms with Gasteiger partial charge in [-0.25, -0.2) is 17.9 Å². The van der Waals surface area contributed by atoms with Crippen molar-refractivity contribution in [1.29, 1.82) is 0 Å². The Morgan fingerprint density at radius 1 is 1.25 bits per heavy atom. The molecule has 0 saturated heterocycles. The number of hydrogen-bond acceptors (Lipinski definition) is 2. The summed E-state index contributed by atoms with van der Waals surface area (Å²) in [5.41, 5.74) is 1.05. The van der Waals surface area contributed by atoms with Crippen LogP contribution in [0.4, 0.5) is 13.2 Å². The highest BCUT2D eigenvalue weighted by atomic mass is 35.5. The van der Waals surface area contributed by atoms with Crippen LogP contribution in [-0.2, 0) is 6.61 Å². The largest absolute Gasteiger partial charge is 0.391 e. The molecular formula is C13H10ClF3N2O. The second kappa shape index (κ2) is 4.79. The van der Waals surface area contributed by atoms with E-state index in [9.17, 15) is 18.3 Å². The summed E-state index contributed by atoms with van der Waals surface area (Å²) in [6, 6.07) is 1.63. The summed E-state index contributed by atoms with van der Waals surface area (Å²) >= 11 is 6.08. The van der Waals surface area contributed by atoms with Crippen molar-refractivity contribution in [3.8, 4) is 5.69 Å². The van der Waals surface area contributed by atoms with Crippen molar-refractivity contribution in [2.24, 2.45) is 0 Å². The molecule has 1 aromatic carbocycles. The van der Waals surface area contributed by atoms with E-state index in [1.54, 1.807) is 0 Å². The van der Waals surface area contributed by atoms with E-state index in [0.717, 1.165) is 29.7 Å². The van der Waals surface area contributed by atoms with Gasteiger partial charge in [0.1, 0.15) is 5.15 Å². The van der Waals surface area contributed by atoms with Crippen LogP contribution in [0.5, 0.6) is 0 Å². The molecule has 7 heteroatoms. The Morgan fingerprint density at radius 2 is 1.85 bits per heavy atom. The number of halogens is 4. The van der Waals surface area contributed by atoms with E-state index < -0.39 is 17.5 Å². The van der Waals surface area contributed by atoms with Gasteiger partial charge in [0.2, 0.25) is 0 Å². The van der Waals surface area contributed by atoms with Crippen molar-refractivity contribution in [2.75, 3.05) is 0 Å². The molecule has 0 spiro atoms. The van der Waals surface area contributed by atoms with Gasteiger partial charge in [0.25, 0.3) is 0 Å². The fourth-order valence-electron chi connectivity index (χ4n) is 2.11. The number of benzene rings is 1. The molecule has 0 radical (unpaired) electrons. The van der Waals surface area contributed by atoms with E-state index >= 15 is 0 Å². The first-order chi connectivity index (χ1) is 9.52. The Kier molecular flexibility index (Phi) is 3.22. The molecule has 20 heavy (non-hydrogen) atoms. The van der Waals surface area contributed by atoms with Crippen LogP contribution in [0.3, 0.4) is 0 Å². The Balaban J connectivity index is 2.15. The molecule has 3 nitrogen and oxygen atoms in total. The standard InChI is InChI=1S/C13H10ClF3N2O/c14-13-8(5-20)12(6-1-2-6)18-19(13)7-3-9(15)11(17)10(16)4-7/h3-4,6,20H,1-2,5H2. The van der Waals surface area contributed by atoms with Crippen LogP contribution in [0.1, 0.15) is 30.0 Å². The summed E-state index contributed by atoms with van der Waals surface area (Å²) in [5.74, 6) is -3.96. The lowest BCUT2D eigenvalue weighted by Gasteiger charge is -2.05. The minimum Gasteiger partial charge on any atom is -0.391 e. The van der Waals surface area contributed by atoms with Gasteiger partial charge in [-0.15, -0.1) is 0 Å². The number of rotatable bonds is 3. The maximum absolute atomic E-state index is 13.3. The maximum atomic E-state index is 13.3. The molecule has 0 aliphatic heterocycles. The molecule has 1 N–H and O–H groups in total. The normalized spacial score (nSPS) is 14.8. The molecule has 0 unspecified atom stereocenters. The first kappa shape index (κ1) is 13.5. The molecule has 1 saturated carbocycles. The lowest BCUT2D eigenvalue weighted by atomic mass is 10.2. The van der Waals surface area contributed by atoms with Crippen LogP contribution in [0, 0.1) is 17.5 Å². The van der Waals surface area contributed by atoms with Crippen molar-refractivity contribution in [1.82, 2.24) is 9.78 Å². The van der Waals surface area contributed by atoms with Gasteiger partial charge in [0, 0.05) is 23.6 Å². The third-order valence-corrected chi connectivity index (χ3v) is 3.68. The average Bonchev–Trinajstić information content (AvgIpc) is 3.19. The lowest BCUT2D eigenvalue weighted by Crippen LogP contribution is -2.01. The molecule has 1 aromatic heterocycles. The Bertz CT molecular complexity index is 659. The molecule has 1 heterocycles. The van der Waals surface area contributed by atoms with E-state index in [-0.39, 0.29) is 23.4 Å². The molecule has 1 aliphatic rings. The highest BCUT2D eigenvalue weighted by Gasteiger charge is 2.31. The third-order valence-electron chi connectivity index (χ3n) is 3.29. The lowest BCUT2D eigenvalue weighted by molar-refractivity contribution is 0.280. The van der Waals surface area contributed by atoms with E-state index in [1.807, 2.05) is 0 Å². The minimum absolute atomic E-state index is 0.0204. The fraction of sp³-hybridized carbons (Fsp3) is 0.308. The number of hydrogen-bond donors (Lipinski definition) is 1. The molecular weight excluding hydrogens is 293 g/mol. The summed E-state index contributed by atoms with van der Waals surface area (Å²) < 4.78 is 40.6. The second-order valence-corrected chi connectivity index (χ2v) is 5.08. The summed E-state index contributed by atoms with van der Waals surface area (Å²) in [4.78, 5) is 0. The predicted molar refractivity (Wildman–Crippen MR) is 66.3 cm³/mol.